The largest absolute Gasteiger partial charge is 0.458 e. The second-order valence-electron chi connectivity index (χ2n) is 4.20. The first-order valence-electron chi connectivity index (χ1n) is 5.60. The number of esters is 1. The molecule has 1 unspecified atom stereocenters. The van der Waals surface area contributed by atoms with Gasteiger partial charge in [-0.1, -0.05) is 30.3 Å². The van der Waals surface area contributed by atoms with Crippen molar-refractivity contribution < 1.29 is 19.4 Å². The first-order chi connectivity index (χ1) is 8.13. The lowest BCUT2D eigenvalue weighted by Gasteiger charge is -2.18. The van der Waals surface area contributed by atoms with Crippen molar-refractivity contribution in [3.05, 3.63) is 35.9 Å². The number of Topliss-reactive ketones (excluding diaryl/α,β-unsaturated/α-hetero) is 1. The molecular formula is C13H14O4. The number of carbonyl (C=O) groups is 2. The highest BCUT2D eigenvalue weighted by atomic mass is 16.6. The summed E-state index contributed by atoms with van der Waals surface area (Å²) in [6.07, 6.45) is 0.951. The van der Waals surface area contributed by atoms with E-state index < -0.39 is 17.4 Å². The lowest BCUT2D eigenvalue weighted by atomic mass is 10.0. The molecule has 1 aliphatic carbocycles. The van der Waals surface area contributed by atoms with E-state index in [1.165, 1.54) is 0 Å². The van der Waals surface area contributed by atoms with Crippen LogP contribution >= 0.6 is 0 Å². The van der Waals surface area contributed by atoms with Gasteiger partial charge in [0.05, 0.1) is 0 Å². The van der Waals surface area contributed by atoms with E-state index in [9.17, 15) is 14.7 Å². The van der Waals surface area contributed by atoms with Crippen LogP contribution in [0.3, 0.4) is 0 Å². The van der Waals surface area contributed by atoms with E-state index in [1.54, 1.807) is 0 Å². The van der Waals surface area contributed by atoms with Gasteiger partial charge in [-0.3, -0.25) is 4.79 Å². The predicted molar refractivity (Wildman–Crippen MR) is 60.0 cm³/mol. The lowest BCUT2D eigenvalue weighted by Crippen LogP contribution is -2.43. The maximum Gasteiger partial charge on any atom is 0.346 e. The van der Waals surface area contributed by atoms with Gasteiger partial charge < -0.3 is 9.84 Å². The molecule has 0 radical (unpaired) electrons. The SMILES string of the molecule is O=C1CCCC1(O)C(=O)OCc1ccccc1. The van der Waals surface area contributed by atoms with Gasteiger partial charge in [-0.25, -0.2) is 4.79 Å². The molecule has 1 aromatic rings. The van der Waals surface area contributed by atoms with E-state index in [0.29, 0.717) is 6.42 Å². The molecule has 90 valence electrons. The summed E-state index contributed by atoms with van der Waals surface area (Å²) in [5.74, 6) is -1.26. The van der Waals surface area contributed by atoms with Gasteiger partial charge in [0.2, 0.25) is 5.60 Å². The molecule has 1 aliphatic rings. The molecule has 1 aromatic carbocycles. The maximum atomic E-state index is 11.7. The van der Waals surface area contributed by atoms with Gasteiger partial charge in [0.15, 0.2) is 5.78 Å². The van der Waals surface area contributed by atoms with Gasteiger partial charge in [0.1, 0.15) is 6.61 Å². The minimum atomic E-state index is -1.91. The van der Waals surface area contributed by atoms with Crippen molar-refractivity contribution >= 4 is 11.8 Å². The molecule has 1 N–H and O–H groups in total. The molecule has 0 aromatic heterocycles. The fraction of sp³-hybridized carbons (Fsp3) is 0.385. The first-order valence-corrected chi connectivity index (χ1v) is 5.60. The highest BCUT2D eigenvalue weighted by Gasteiger charge is 2.48. The summed E-state index contributed by atoms with van der Waals surface area (Å²) in [5, 5.41) is 9.88. The Morgan fingerprint density at radius 2 is 2.06 bits per heavy atom. The Hall–Kier alpha value is -1.68. The summed E-state index contributed by atoms with van der Waals surface area (Å²) in [4.78, 5) is 23.1. The highest BCUT2D eigenvalue weighted by molar-refractivity contribution is 6.08. The summed E-state index contributed by atoms with van der Waals surface area (Å²) < 4.78 is 4.98. The molecule has 1 atom stereocenters. The van der Waals surface area contributed by atoms with Gasteiger partial charge in [-0.2, -0.15) is 0 Å². The molecule has 0 amide bonds. The summed E-state index contributed by atoms with van der Waals surface area (Å²) in [5.41, 5.74) is -1.08. The van der Waals surface area contributed by atoms with Crippen LogP contribution in [0.2, 0.25) is 0 Å². The summed E-state index contributed by atoms with van der Waals surface area (Å²) >= 11 is 0. The Bertz CT molecular complexity index is 426. The van der Waals surface area contributed by atoms with Crippen molar-refractivity contribution in [2.24, 2.45) is 0 Å². The Labute approximate surface area is 99.2 Å². The topological polar surface area (TPSA) is 63.6 Å². The van der Waals surface area contributed by atoms with Gasteiger partial charge in [0.25, 0.3) is 0 Å². The van der Waals surface area contributed by atoms with Gasteiger partial charge in [-0.15, -0.1) is 0 Å². The number of aliphatic hydroxyl groups is 1. The van der Waals surface area contributed by atoms with Crippen LogP contribution in [-0.2, 0) is 20.9 Å². The number of carbonyl (C=O) groups excluding carboxylic acids is 2. The van der Waals surface area contributed by atoms with Gasteiger partial charge >= 0.3 is 5.97 Å². The van der Waals surface area contributed by atoms with E-state index in [-0.39, 0.29) is 19.4 Å². The van der Waals surface area contributed by atoms with Crippen LogP contribution < -0.4 is 0 Å². The zero-order valence-electron chi connectivity index (χ0n) is 9.39. The van der Waals surface area contributed by atoms with Crippen molar-refractivity contribution in [3.63, 3.8) is 0 Å². The van der Waals surface area contributed by atoms with Crippen LogP contribution in [0.1, 0.15) is 24.8 Å². The third-order valence-corrected chi connectivity index (χ3v) is 2.95. The number of hydrogen-bond donors (Lipinski definition) is 1. The molecule has 2 rings (SSSR count). The van der Waals surface area contributed by atoms with Crippen molar-refractivity contribution in [1.82, 2.24) is 0 Å². The normalized spacial score (nSPS) is 23.7. The minimum Gasteiger partial charge on any atom is -0.458 e. The smallest absolute Gasteiger partial charge is 0.346 e. The average molecular weight is 234 g/mol. The summed E-state index contributed by atoms with van der Waals surface area (Å²) in [6, 6.07) is 9.15. The Morgan fingerprint density at radius 1 is 1.35 bits per heavy atom. The lowest BCUT2D eigenvalue weighted by molar-refractivity contribution is -0.169. The third-order valence-electron chi connectivity index (χ3n) is 2.95. The second-order valence-corrected chi connectivity index (χ2v) is 4.20. The zero-order valence-corrected chi connectivity index (χ0v) is 9.39. The summed E-state index contributed by atoms with van der Waals surface area (Å²) in [6.45, 7) is 0.0786. The predicted octanol–water partition coefficient (Wildman–Crippen LogP) is 1.21. The van der Waals surface area contributed by atoms with Crippen molar-refractivity contribution in [3.8, 4) is 0 Å². The van der Waals surface area contributed by atoms with Gasteiger partial charge in [0, 0.05) is 6.42 Å². The average Bonchev–Trinajstić information content (AvgIpc) is 2.69. The fourth-order valence-corrected chi connectivity index (χ4v) is 1.91. The molecule has 17 heavy (non-hydrogen) atoms. The molecule has 0 saturated heterocycles. The van der Waals surface area contributed by atoms with Crippen LogP contribution in [0, 0.1) is 0 Å². The molecular weight excluding hydrogens is 220 g/mol. The Balaban J connectivity index is 1.96. The molecule has 0 bridgehead atoms. The minimum absolute atomic E-state index is 0.0786. The maximum absolute atomic E-state index is 11.7. The standard InChI is InChI=1S/C13H14O4/c14-11-7-4-8-13(11,16)12(15)17-9-10-5-2-1-3-6-10/h1-3,5-6,16H,4,7-9H2. The molecule has 1 fully saturated rings. The molecule has 0 spiro atoms. The van der Waals surface area contributed by atoms with E-state index in [4.69, 9.17) is 4.74 Å². The van der Waals surface area contributed by atoms with Crippen LogP contribution in [0.15, 0.2) is 30.3 Å². The van der Waals surface area contributed by atoms with E-state index in [1.807, 2.05) is 30.3 Å². The van der Waals surface area contributed by atoms with Crippen LogP contribution in [0.25, 0.3) is 0 Å². The van der Waals surface area contributed by atoms with Crippen LogP contribution in [0.4, 0.5) is 0 Å². The highest BCUT2D eigenvalue weighted by Crippen LogP contribution is 2.27. The quantitative estimate of drug-likeness (QED) is 0.630. The van der Waals surface area contributed by atoms with Crippen molar-refractivity contribution in [2.45, 2.75) is 31.5 Å². The Morgan fingerprint density at radius 3 is 2.65 bits per heavy atom. The van der Waals surface area contributed by atoms with E-state index >= 15 is 0 Å². The monoisotopic (exact) mass is 234 g/mol. The van der Waals surface area contributed by atoms with Gasteiger partial charge in [-0.05, 0) is 18.4 Å². The number of hydrogen-bond acceptors (Lipinski definition) is 4. The fourth-order valence-electron chi connectivity index (χ4n) is 1.91. The zero-order chi connectivity index (χ0) is 12.3. The Kier molecular flexibility index (Phi) is 3.24. The number of ketones is 1. The number of benzene rings is 1. The molecule has 1 saturated carbocycles. The third kappa shape index (κ3) is 2.36. The molecule has 0 heterocycles. The number of ether oxygens (including phenoxy) is 1. The van der Waals surface area contributed by atoms with Crippen LogP contribution in [-0.4, -0.2) is 22.5 Å². The molecule has 4 heteroatoms. The first kappa shape index (κ1) is 11.8. The second kappa shape index (κ2) is 4.67. The van der Waals surface area contributed by atoms with Crippen LogP contribution in [0.5, 0.6) is 0 Å². The molecule has 0 aliphatic heterocycles. The van der Waals surface area contributed by atoms with E-state index in [0.717, 1.165) is 5.56 Å². The van der Waals surface area contributed by atoms with Crippen molar-refractivity contribution in [2.75, 3.05) is 0 Å². The summed E-state index contributed by atoms with van der Waals surface area (Å²) in [7, 11) is 0. The van der Waals surface area contributed by atoms with E-state index in [2.05, 4.69) is 0 Å². The number of rotatable bonds is 3. The van der Waals surface area contributed by atoms with Crippen molar-refractivity contribution in [1.29, 1.82) is 0 Å². The molecule has 4 nitrogen and oxygen atoms in total.